The number of aryl methyl sites for hydroxylation is 1. The Labute approximate surface area is 216 Å². The zero-order chi connectivity index (χ0) is 27.1. The van der Waals surface area contributed by atoms with Crippen molar-refractivity contribution in [1.82, 2.24) is 10.3 Å². The molecule has 2 heterocycles. The van der Waals surface area contributed by atoms with Crippen molar-refractivity contribution in [3.63, 3.8) is 0 Å². The summed E-state index contributed by atoms with van der Waals surface area (Å²) >= 11 is 0. The molecule has 198 valence electrons. The fourth-order valence-corrected chi connectivity index (χ4v) is 4.43. The lowest BCUT2D eigenvalue weighted by atomic mass is 10.0. The largest absolute Gasteiger partial charge is 0.573 e. The van der Waals surface area contributed by atoms with Crippen LogP contribution in [0.15, 0.2) is 60.8 Å². The Morgan fingerprint density at radius 2 is 1.76 bits per heavy atom. The molecule has 1 saturated heterocycles. The Balaban J connectivity index is 1.25. The van der Waals surface area contributed by atoms with Gasteiger partial charge in [-0.1, -0.05) is 18.2 Å². The first-order chi connectivity index (χ1) is 18.0. The number of halogens is 3. The quantitative estimate of drug-likeness (QED) is 0.439. The van der Waals surface area contributed by atoms with Crippen LogP contribution >= 0.6 is 0 Å². The van der Waals surface area contributed by atoms with E-state index in [1.165, 1.54) is 30.3 Å². The van der Waals surface area contributed by atoms with E-state index in [1.54, 1.807) is 30.5 Å². The summed E-state index contributed by atoms with van der Waals surface area (Å²) in [6.45, 7) is 2.62. The molecule has 2 aliphatic rings. The summed E-state index contributed by atoms with van der Waals surface area (Å²) in [6.07, 6.45) is -1.97. The van der Waals surface area contributed by atoms with Crippen molar-refractivity contribution in [2.45, 2.75) is 37.8 Å². The number of carbonyl (C=O) groups is 2. The van der Waals surface area contributed by atoms with Crippen LogP contribution in [0.3, 0.4) is 0 Å². The average Bonchev–Trinajstić information content (AvgIpc) is 3.61. The Morgan fingerprint density at radius 3 is 2.39 bits per heavy atom. The van der Waals surface area contributed by atoms with Crippen molar-refractivity contribution >= 4 is 17.7 Å². The fourth-order valence-electron chi connectivity index (χ4n) is 4.43. The summed E-state index contributed by atoms with van der Waals surface area (Å²) in [7, 11) is 0. The Kier molecular flexibility index (Phi) is 6.38. The number of benzene rings is 2. The highest BCUT2D eigenvalue weighted by Gasteiger charge is 2.46. The molecule has 1 amide bonds. The second-order valence-electron chi connectivity index (χ2n) is 9.47. The minimum Gasteiger partial charge on any atom is -0.487 e. The molecule has 8 nitrogen and oxygen atoms in total. The molecule has 3 aromatic rings. The zero-order valence-corrected chi connectivity index (χ0v) is 20.3. The molecule has 1 aliphatic carbocycles. The maximum atomic E-state index is 13.4. The molecule has 11 heteroatoms. The van der Waals surface area contributed by atoms with Gasteiger partial charge in [0.2, 0.25) is 0 Å². The van der Waals surface area contributed by atoms with Crippen LogP contribution < -0.4 is 19.7 Å². The zero-order valence-electron chi connectivity index (χ0n) is 20.3. The predicted molar refractivity (Wildman–Crippen MR) is 131 cm³/mol. The van der Waals surface area contributed by atoms with E-state index >= 15 is 0 Å². The third-order valence-electron chi connectivity index (χ3n) is 6.52. The van der Waals surface area contributed by atoms with Gasteiger partial charge in [-0.3, -0.25) is 4.79 Å². The highest BCUT2D eigenvalue weighted by atomic mass is 19.4. The molecule has 2 N–H and O–H groups in total. The summed E-state index contributed by atoms with van der Waals surface area (Å²) < 4.78 is 47.2. The van der Waals surface area contributed by atoms with Crippen LogP contribution in [0.2, 0.25) is 0 Å². The maximum Gasteiger partial charge on any atom is 0.573 e. The lowest BCUT2D eigenvalue weighted by molar-refractivity contribution is -0.274. The van der Waals surface area contributed by atoms with E-state index in [2.05, 4.69) is 15.0 Å². The first-order valence-electron chi connectivity index (χ1n) is 11.9. The summed E-state index contributed by atoms with van der Waals surface area (Å²) in [4.78, 5) is 30.9. The lowest BCUT2D eigenvalue weighted by Gasteiger charge is -2.40. The highest BCUT2D eigenvalue weighted by molar-refractivity contribution is 6.00. The molecule has 2 fully saturated rings. The van der Waals surface area contributed by atoms with Crippen molar-refractivity contribution < 1.29 is 37.3 Å². The van der Waals surface area contributed by atoms with E-state index in [0.717, 1.165) is 24.0 Å². The molecule has 38 heavy (non-hydrogen) atoms. The number of pyridine rings is 1. The Bertz CT molecular complexity index is 1370. The number of alkyl halides is 3. The van der Waals surface area contributed by atoms with Gasteiger partial charge in [-0.2, -0.15) is 0 Å². The van der Waals surface area contributed by atoms with Crippen LogP contribution in [0, 0.1) is 6.92 Å². The van der Waals surface area contributed by atoms with Gasteiger partial charge in [0.15, 0.2) is 0 Å². The third kappa shape index (κ3) is 5.51. The number of amides is 1. The number of nitrogens with zero attached hydrogens (tertiary/aromatic N) is 2. The molecule has 0 bridgehead atoms. The second kappa shape index (κ2) is 9.55. The summed E-state index contributed by atoms with van der Waals surface area (Å²) in [5.74, 6) is -0.940. The first-order valence-corrected chi connectivity index (χ1v) is 11.9. The number of aromatic carboxylic acids is 1. The molecule has 2 aromatic carbocycles. The number of carbonyl (C=O) groups excluding carboxylic acids is 1. The number of carboxylic acid groups (broad SMARTS) is 1. The van der Waals surface area contributed by atoms with Crippen molar-refractivity contribution in [1.29, 1.82) is 0 Å². The third-order valence-corrected chi connectivity index (χ3v) is 6.52. The highest BCUT2D eigenvalue weighted by Crippen LogP contribution is 2.46. The minimum absolute atomic E-state index is 0.176. The van der Waals surface area contributed by atoms with Crippen molar-refractivity contribution in [3.8, 4) is 11.5 Å². The van der Waals surface area contributed by atoms with E-state index in [-0.39, 0.29) is 29.1 Å². The van der Waals surface area contributed by atoms with Crippen molar-refractivity contribution in [3.05, 3.63) is 83.0 Å². The number of rotatable bonds is 8. The van der Waals surface area contributed by atoms with Crippen LogP contribution in [0.1, 0.15) is 44.7 Å². The molecule has 5 rings (SSSR count). The van der Waals surface area contributed by atoms with Gasteiger partial charge in [0.05, 0.1) is 29.8 Å². The number of aromatic nitrogens is 1. The van der Waals surface area contributed by atoms with Crippen LogP contribution in [-0.2, 0) is 5.54 Å². The molecule has 1 saturated carbocycles. The summed E-state index contributed by atoms with van der Waals surface area (Å²) in [5, 5.41) is 12.2. The van der Waals surface area contributed by atoms with Gasteiger partial charge in [-0.05, 0) is 61.2 Å². The number of carboxylic acids is 1. The average molecular weight is 527 g/mol. The molecular formula is C27H24F3N3O5. The van der Waals surface area contributed by atoms with E-state index in [1.807, 2.05) is 11.8 Å². The number of ether oxygens (including phenoxy) is 2. The van der Waals surface area contributed by atoms with Gasteiger partial charge in [-0.15, -0.1) is 13.2 Å². The van der Waals surface area contributed by atoms with E-state index in [9.17, 15) is 22.8 Å². The SMILES string of the molecule is Cc1cnc(N2CC(Oc3cccc(OC(F)(F)F)c3)C2)c(C(=O)NC2(c3ccc(C(=O)O)cc3)CC2)c1. The first kappa shape index (κ1) is 25.4. The normalized spacial score (nSPS) is 16.4. The van der Waals surface area contributed by atoms with E-state index in [4.69, 9.17) is 9.84 Å². The Morgan fingerprint density at radius 1 is 1.08 bits per heavy atom. The van der Waals surface area contributed by atoms with Crippen LogP contribution in [0.4, 0.5) is 19.0 Å². The van der Waals surface area contributed by atoms with Gasteiger partial charge >= 0.3 is 12.3 Å². The molecule has 1 aromatic heterocycles. The molecule has 0 spiro atoms. The standard InChI is InChI=1S/C27H24F3N3O5/c1-16-11-22(24(34)32-26(9-10-26)18-7-5-17(6-8-18)25(35)36)23(31-13-16)33-14-21(15-33)37-19-3-2-4-20(12-19)38-27(28,29)30/h2-8,11-13,21H,9-10,14-15H2,1H3,(H,32,34)(H,35,36). The maximum absolute atomic E-state index is 13.4. The van der Waals surface area contributed by atoms with E-state index in [0.29, 0.717) is 24.5 Å². The lowest BCUT2D eigenvalue weighted by Crippen LogP contribution is -2.55. The van der Waals surface area contributed by atoms with E-state index < -0.39 is 17.9 Å². The minimum atomic E-state index is -4.79. The van der Waals surface area contributed by atoms with Crippen LogP contribution in [-0.4, -0.2) is 47.5 Å². The summed E-state index contributed by atoms with van der Waals surface area (Å²) in [6, 6.07) is 13.6. The molecule has 0 radical (unpaired) electrons. The van der Waals surface area contributed by atoms with Gasteiger partial charge in [-0.25, -0.2) is 9.78 Å². The van der Waals surface area contributed by atoms with Crippen LogP contribution in [0.5, 0.6) is 11.5 Å². The number of hydrogen-bond acceptors (Lipinski definition) is 6. The molecule has 0 unspecified atom stereocenters. The van der Waals surface area contributed by atoms with Gasteiger partial charge in [0.25, 0.3) is 5.91 Å². The molecule has 1 aliphatic heterocycles. The van der Waals surface area contributed by atoms with Gasteiger partial charge in [0, 0.05) is 12.3 Å². The van der Waals surface area contributed by atoms with Crippen molar-refractivity contribution in [2.75, 3.05) is 18.0 Å². The monoisotopic (exact) mass is 527 g/mol. The number of hydrogen-bond donors (Lipinski definition) is 2. The molecular weight excluding hydrogens is 503 g/mol. The topological polar surface area (TPSA) is 101 Å². The van der Waals surface area contributed by atoms with Crippen molar-refractivity contribution in [2.24, 2.45) is 0 Å². The van der Waals surface area contributed by atoms with Gasteiger partial charge in [0.1, 0.15) is 23.4 Å². The van der Waals surface area contributed by atoms with Gasteiger partial charge < -0.3 is 24.8 Å². The van der Waals surface area contributed by atoms with Crippen LogP contribution in [0.25, 0.3) is 0 Å². The Hall–Kier alpha value is -4.28. The fraction of sp³-hybridized carbons (Fsp3) is 0.296. The molecule has 0 atom stereocenters. The predicted octanol–water partition coefficient (Wildman–Crippen LogP) is 4.67. The summed E-state index contributed by atoms with van der Waals surface area (Å²) in [5.41, 5.74) is 1.67. The number of nitrogens with one attached hydrogen (secondary N) is 1. The smallest absolute Gasteiger partial charge is 0.487 e. The second-order valence-corrected chi connectivity index (χ2v) is 9.47. The number of anilines is 1.